The fourth-order valence-electron chi connectivity index (χ4n) is 2.92. The summed E-state index contributed by atoms with van der Waals surface area (Å²) in [6.45, 7) is 1.89. The van der Waals surface area contributed by atoms with Crippen molar-refractivity contribution in [2.45, 2.75) is 23.0 Å². The molecule has 0 fully saturated rings. The van der Waals surface area contributed by atoms with E-state index in [1.807, 2.05) is 49.4 Å². The summed E-state index contributed by atoms with van der Waals surface area (Å²) in [5.41, 5.74) is 0.800. The van der Waals surface area contributed by atoms with Gasteiger partial charge in [0.15, 0.2) is 0 Å². The SMILES string of the molecule is CCC(Sc1ccc(O)cc1)(C(=O)O)c1cccc2ccccc12. The van der Waals surface area contributed by atoms with Gasteiger partial charge in [-0.2, -0.15) is 0 Å². The Hall–Kier alpha value is -2.46. The van der Waals surface area contributed by atoms with Crippen LogP contribution in [-0.2, 0) is 9.54 Å². The normalized spacial score (nSPS) is 13.5. The second-order valence-corrected chi connectivity index (χ2v) is 6.98. The van der Waals surface area contributed by atoms with Gasteiger partial charge in [0.25, 0.3) is 0 Å². The maximum Gasteiger partial charge on any atom is 0.324 e. The number of aliphatic carboxylic acids is 1. The Morgan fingerprint density at radius 3 is 2.33 bits per heavy atom. The van der Waals surface area contributed by atoms with Crippen LogP contribution in [0.4, 0.5) is 0 Å². The summed E-state index contributed by atoms with van der Waals surface area (Å²) in [4.78, 5) is 13.1. The van der Waals surface area contributed by atoms with Crippen molar-refractivity contribution in [1.82, 2.24) is 0 Å². The van der Waals surface area contributed by atoms with Crippen LogP contribution in [0.15, 0.2) is 71.6 Å². The average molecular weight is 338 g/mol. The highest BCUT2D eigenvalue weighted by atomic mass is 32.2. The van der Waals surface area contributed by atoms with Crippen LogP contribution in [-0.4, -0.2) is 16.2 Å². The van der Waals surface area contributed by atoms with Crippen LogP contribution in [0.2, 0.25) is 0 Å². The maximum atomic E-state index is 12.3. The highest BCUT2D eigenvalue weighted by Gasteiger charge is 2.41. The van der Waals surface area contributed by atoms with Crippen molar-refractivity contribution in [2.75, 3.05) is 0 Å². The summed E-state index contributed by atoms with van der Waals surface area (Å²) in [7, 11) is 0. The number of fused-ring (bicyclic) bond motifs is 1. The number of hydrogen-bond acceptors (Lipinski definition) is 3. The second-order valence-electron chi connectivity index (χ2n) is 5.61. The number of thioether (sulfide) groups is 1. The van der Waals surface area contributed by atoms with E-state index in [0.29, 0.717) is 6.42 Å². The Morgan fingerprint density at radius 1 is 1.00 bits per heavy atom. The summed E-state index contributed by atoms with van der Waals surface area (Å²) in [6, 6.07) is 20.3. The topological polar surface area (TPSA) is 57.5 Å². The van der Waals surface area contributed by atoms with E-state index in [-0.39, 0.29) is 5.75 Å². The molecule has 0 amide bonds. The fraction of sp³-hybridized carbons (Fsp3) is 0.150. The smallest absolute Gasteiger partial charge is 0.324 e. The molecular weight excluding hydrogens is 320 g/mol. The molecule has 0 radical (unpaired) electrons. The van der Waals surface area contributed by atoms with Gasteiger partial charge in [-0.05, 0) is 47.0 Å². The largest absolute Gasteiger partial charge is 0.508 e. The first-order valence-electron chi connectivity index (χ1n) is 7.76. The molecule has 0 aliphatic heterocycles. The third-order valence-corrected chi connectivity index (χ3v) is 5.74. The van der Waals surface area contributed by atoms with E-state index in [4.69, 9.17) is 0 Å². The Balaban J connectivity index is 2.18. The van der Waals surface area contributed by atoms with Gasteiger partial charge in [-0.15, -0.1) is 11.8 Å². The molecular formula is C20H18O3S. The van der Waals surface area contributed by atoms with E-state index < -0.39 is 10.7 Å². The highest BCUT2D eigenvalue weighted by Crippen LogP contribution is 2.47. The molecule has 0 spiro atoms. The van der Waals surface area contributed by atoms with Crippen molar-refractivity contribution in [1.29, 1.82) is 0 Å². The zero-order valence-corrected chi connectivity index (χ0v) is 14.1. The van der Waals surface area contributed by atoms with Gasteiger partial charge in [0, 0.05) is 4.90 Å². The van der Waals surface area contributed by atoms with Crippen molar-refractivity contribution < 1.29 is 15.0 Å². The Bertz CT molecular complexity index is 868. The van der Waals surface area contributed by atoms with Gasteiger partial charge in [0.05, 0.1) is 0 Å². The van der Waals surface area contributed by atoms with Gasteiger partial charge >= 0.3 is 5.97 Å². The number of carboxylic acids is 1. The molecule has 3 aromatic carbocycles. The molecule has 0 aliphatic rings. The van der Waals surface area contributed by atoms with Crippen LogP contribution in [0, 0.1) is 0 Å². The first-order valence-corrected chi connectivity index (χ1v) is 8.58. The van der Waals surface area contributed by atoms with Gasteiger partial charge in [-0.1, -0.05) is 49.4 Å². The number of carbonyl (C=O) groups is 1. The first-order chi connectivity index (χ1) is 11.6. The van der Waals surface area contributed by atoms with Crippen LogP contribution < -0.4 is 0 Å². The van der Waals surface area contributed by atoms with E-state index in [1.54, 1.807) is 24.3 Å². The van der Waals surface area contributed by atoms with Crippen LogP contribution in [0.3, 0.4) is 0 Å². The molecule has 24 heavy (non-hydrogen) atoms. The number of phenols is 1. The lowest BCUT2D eigenvalue weighted by Crippen LogP contribution is -2.31. The molecule has 0 bridgehead atoms. The zero-order valence-electron chi connectivity index (χ0n) is 13.3. The molecule has 3 aromatic rings. The van der Waals surface area contributed by atoms with E-state index >= 15 is 0 Å². The number of hydrogen-bond donors (Lipinski definition) is 2. The number of benzene rings is 3. The molecule has 0 aromatic heterocycles. The van der Waals surface area contributed by atoms with Gasteiger partial charge in [-0.3, -0.25) is 4.79 Å². The van der Waals surface area contributed by atoms with Crippen molar-refractivity contribution in [2.24, 2.45) is 0 Å². The van der Waals surface area contributed by atoms with E-state index in [9.17, 15) is 15.0 Å². The van der Waals surface area contributed by atoms with E-state index in [1.165, 1.54) is 11.8 Å². The average Bonchev–Trinajstić information content (AvgIpc) is 2.61. The standard InChI is InChI=1S/C20H18O3S/c1-2-20(19(22)23,24-16-12-10-15(21)11-13-16)18-9-5-7-14-6-3-4-8-17(14)18/h3-13,21H,2H2,1H3,(H,22,23). The maximum absolute atomic E-state index is 12.3. The summed E-state index contributed by atoms with van der Waals surface area (Å²) in [6.07, 6.45) is 0.446. The summed E-state index contributed by atoms with van der Waals surface area (Å²) < 4.78 is -1.09. The molecule has 0 heterocycles. The van der Waals surface area contributed by atoms with Crippen molar-refractivity contribution in [3.63, 3.8) is 0 Å². The Kier molecular flexibility index (Phi) is 4.49. The summed E-state index contributed by atoms with van der Waals surface area (Å²) in [5.74, 6) is -0.693. The van der Waals surface area contributed by atoms with Crippen LogP contribution in [0.1, 0.15) is 18.9 Å². The Labute approximate surface area is 145 Å². The third-order valence-electron chi connectivity index (χ3n) is 4.20. The predicted octanol–water partition coefficient (Wildman–Crippen LogP) is 5.03. The van der Waals surface area contributed by atoms with Crippen molar-refractivity contribution in [3.05, 3.63) is 72.3 Å². The van der Waals surface area contributed by atoms with Gasteiger partial charge < -0.3 is 10.2 Å². The lowest BCUT2D eigenvalue weighted by atomic mass is 9.90. The molecule has 3 nitrogen and oxygen atoms in total. The third kappa shape index (κ3) is 2.85. The van der Waals surface area contributed by atoms with Crippen molar-refractivity contribution in [3.8, 4) is 5.75 Å². The van der Waals surface area contributed by atoms with E-state index in [2.05, 4.69) is 0 Å². The molecule has 1 unspecified atom stereocenters. The minimum absolute atomic E-state index is 0.168. The molecule has 0 saturated carbocycles. The molecule has 0 saturated heterocycles. The lowest BCUT2D eigenvalue weighted by molar-refractivity contribution is -0.140. The van der Waals surface area contributed by atoms with Gasteiger partial charge in [-0.25, -0.2) is 0 Å². The second kappa shape index (κ2) is 6.57. The van der Waals surface area contributed by atoms with Crippen LogP contribution >= 0.6 is 11.8 Å². The summed E-state index contributed by atoms with van der Waals surface area (Å²) in [5, 5.41) is 21.5. The highest BCUT2D eigenvalue weighted by molar-refractivity contribution is 8.01. The monoisotopic (exact) mass is 338 g/mol. The van der Waals surface area contributed by atoms with Crippen molar-refractivity contribution >= 4 is 28.5 Å². The first kappa shape index (κ1) is 16.4. The lowest BCUT2D eigenvalue weighted by Gasteiger charge is -2.29. The minimum Gasteiger partial charge on any atom is -0.508 e. The number of aromatic hydroxyl groups is 1. The molecule has 122 valence electrons. The fourth-order valence-corrected chi connectivity index (χ4v) is 4.11. The van der Waals surface area contributed by atoms with Crippen LogP contribution in [0.25, 0.3) is 10.8 Å². The van der Waals surface area contributed by atoms with Crippen LogP contribution in [0.5, 0.6) is 5.75 Å². The molecule has 3 rings (SSSR count). The van der Waals surface area contributed by atoms with Gasteiger partial charge in [0.2, 0.25) is 0 Å². The molecule has 1 atom stereocenters. The zero-order chi connectivity index (χ0) is 17.2. The quantitative estimate of drug-likeness (QED) is 0.641. The molecule has 2 N–H and O–H groups in total. The number of carboxylic acid groups (broad SMARTS) is 1. The van der Waals surface area contributed by atoms with Gasteiger partial charge in [0.1, 0.15) is 10.5 Å². The van der Waals surface area contributed by atoms with E-state index in [0.717, 1.165) is 21.2 Å². The number of rotatable bonds is 5. The predicted molar refractivity (Wildman–Crippen MR) is 97.5 cm³/mol. The molecule has 0 aliphatic carbocycles. The summed E-state index contributed by atoms with van der Waals surface area (Å²) >= 11 is 1.31. The Morgan fingerprint density at radius 2 is 1.67 bits per heavy atom. The molecule has 4 heteroatoms. The number of phenolic OH excluding ortho intramolecular Hbond substituents is 1. The minimum atomic E-state index is -1.09.